The number of phenols is 5. The monoisotopic (exact) mass is 420 g/mol. The molecule has 156 valence electrons. The van der Waals surface area contributed by atoms with Crippen molar-refractivity contribution in [2.24, 2.45) is 0 Å². The van der Waals surface area contributed by atoms with Crippen molar-refractivity contribution in [2.45, 2.75) is 37.8 Å². The third kappa shape index (κ3) is 3.23. The molecule has 29 heavy (non-hydrogen) atoms. The van der Waals surface area contributed by atoms with Gasteiger partial charge in [-0.2, -0.15) is 0 Å². The van der Waals surface area contributed by atoms with Gasteiger partial charge in [-0.1, -0.05) is 17.7 Å². The Morgan fingerprint density at radius 3 is 2.21 bits per heavy atom. The van der Waals surface area contributed by atoms with Gasteiger partial charge in [0.05, 0.1) is 5.56 Å². The largest absolute Gasteiger partial charge is 0.504 e. The highest BCUT2D eigenvalue weighted by molar-refractivity contribution is 6.30. The molecule has 2 aliphatic rings. The van der Waals surface area contributed by atoms with Crippen LogP contribution in [0.2, 0.25) is 5.02 Å². The lowest BCUT2D eigenvalue weighted by atomic mass is 9.90. The van der Waals surface area contributed by atoms with E-state index in [-0.39, 0.29) is 17.1 Å². The summed E-state index contributed by atoms with van der Waals surface area (Å²) >= 11 is 6.27. The van der Waals surface area contributed by atoms with E-state index in [1.807, 2.05) is 12.1 Å². The Balaban J connectivity index is 1.82. The molecule has 2 aromatic rings. The number of rotatable bonds is 2. The molecule has 0 amide bonds. The minimum Gasteiger partial charge on any atom is -0.504 e. The fourth-order valence-corrected chi connectivity index (χ4v) is 4.91. The summed E-state index contributed by atoms with van der Waals surface area (Å²) in [6.07, 6.45) is 0.524. The third-order valence-electron chi connectivity index (χ3n) is 6.04. The first-order chi connectivity index (χ1) is 13.6. The Hall–Kier alpha value is -2.35. The van der Waals surface area contributed by atoms with Crippen LogP contribution in [0.4, 0.5) is 0 Å². The Bertz CT molecular complexity index is 949. The number of nitrogens with zero attached hydrogens (tertiary/aromatic N) is 1. The van der Waals surface area contributed by atoms with Crippen molar-refractivity contribution in [3.05, 3.63) is 39.9 Å². The molecule has 1 aliphatic carbocycles. The van der Waals surface area contributed by atoms with Crippen LogP contribution in [0.25, 0.3) is 0 Å². The maximum absolute atomic E-state index is 10.5. The second kappa shape index (κ2) is 6.86. The third-order valence-corrected chi connectivity index (χ3v) is 6.27. The van der Waals surface area contributed by atoms with Crippen LogP contribution in [0.5, 0.6) is 28.7 Å². The first-order valence-corrected chi connectivity index (χ1v) is 9.95. The molecule has 2 atom stereocenters. The zero-order valence-corrected chi connectivity index (χ0v) is 17.0. The molecule has 4 rings (SSSR count). The summed E-state index contributed by atoms with van der Waals surface area (Å²) < 4.78 is 0. The van der Waals surface area contributed by atoms with Gasteiger partial charge in [-0.15, -0.1) is 0 Å². The molecule has 7 nitrogen and oxygen atoms in total. The summed E-state index contributed by atoms with van der Waals surface area (Å²) in [5, 5.41) is 54.8. The quantitative estimate of drug-likeness (QED) is 0.326. The molecule has 8 heteroatoms. The van der Waals surface area contributed by atoms with Gasteiger partial charge in [0, 0.05) is 42.2 Å². The van der Waals surface area contributed by atoms with Gasteiger partial charge in [-0.05, 0) is 43.5 Å². The van der Waals surface area contributed by atoms with E-state index in [0.717, 1.165) is 30.8 Å². The smallest absolute Gasteiger partial charge is 0.208 e. The van der Waals surface area contributed by atoms with E-state index in [0.29, 0.717) is 11.4 Å². The number of nitrogens with one attached hydrogen (secondary N) is 1. The highest BCUT2D eigenvalue weighted by Gasteiger charge is 2.41. The number of hydrogen-bond donors (Lipinski definition) is 6. The zero-order chi connectivity index (χ0) is 21.1. The number of halogens is 1. The second-order valence-corrected chi connectivity index (χ2v) is 8.95. The van der Waals surface area contributed by atoms with Crippen LogP contribution in [0.3, 0.4) is 0 Å². The van der Waals surface area contributed by atoms with Gasteiger partial charge in [-0.3, -0.25) is 4.90 Å². The summed E-state index contributed by atoms with van der Waals surface area (Å²) in [6, 6.07) is 5.47. The van der Waals surface area contributed by atoms with Crippen LogP contribution in [-0.2, 0) is 0 Å². The van der Waals surface area contributed by atoms with Crippen LogP contribution in [0, 0.1) is 0 Å². The molecule has 0 radical (unpaired) electrons. The molecule has 0 spiro atoms. The summed E-state index contributed by atoms with van der Waals surface area (Å²) in [6.45, 7) is 6.74. The minimum absolute atomic E-state index is 0.00160. The van der Waals surface area contributed by atoms with Crippen LogP contribution in [-0.4, -0.2) is 55.6 Å². The first-order valence-electron chi connectivity index (χ1n) is 9.58. The molecule has 0 saturated carbocycles. The topological polar surface area (TPSA) is 116 Å². The standard InChI is InChI=1S/C21H25ClN2O5/c1-21(2)9-24(6-5-23-21)14-8-13(11-4-3-10(22)7-12(11)14)15-16(25)18(27)20(29)19(28)17(15)26/h3-4,7,13-14,23,25-29H,5-6,8-9H2,1-2H3/t13-,14-/m1/s1. The Kier molecular flexibility index (Phi) is 4.72. The maximum Gasteiger partial charge on any atom is 0.208 e. The van der Waals surface area contributed by atoms with E-state index in [2.05, 4.69) is 24.1 Å². The predicted molar refractivity (Wildman–Crippen MR) is 109 cm³/mol. The lowest BCUT2D eigenvalue weighted by molar-refractivity contribution is 0.107. The molecule has 6 N–H and O–H groups in total. The van der Waals surface area contributed by atoms with Gasteiger partial charge in [-0.25, -0.2) is 0 Å². The average molecular weight is 421 g/mol. The van der Waals surface area contributed by atoms with Crippen molar-refractivity contribution >= 4 is 11.6 Å². The van der Waals surface area contributed by atoms with Gasteiger partial charge >= 0.3 is 0 Å². The molecule has 1 saturated heterocycles. The zero-order valence-electron chi connectivity index (χ0n) is 16.3. The minimum atomic E-state index is -0.946. The normalized spacial score (nSPS) is 23.8. The molecule has 1 fully saturated rings. The SMILES string of the molecule is CC1(C)CN([C@@H]2C[C@@H](c3c(O)c(O)c(O)c(O)c3O)c3ccc(Cl)cc32)CCN1. The number of phenolic OH excluding ortho intramolecular Hbond substituents is 5. The van der Waals surface area contributed by atoms with E-state index in [9.17, 15) is 25.5 Å². The molecule has 1 heterocycles. The van der Waals surface area contributed by atoms with Gasteiger partial charge in [0.1, 0.15) is 0 Å². The number of fused-ring (bicyclic) bond motifs is 1. The van der Waals surface area contributed by atoms with Gasteiger partial charge in [0.15, 0.2) is 11.5 Å². The van der Waals surface area contributed by atoms with E-state index in [1.165, 1.54) is 0 Å². The van der Waals surface area contributed by atoms with E-state index >= 15 is 0 Å². The fourth-order valence-electron chi connectivity index (χ4n) is 4.73. The molecule has 0 unspecified atom stereocenters. The Labute approximate surface area is 173 Å². The number of aromatic hydroxyl groups is 5. The lowest BCUT2D eigenvalue weighted by Gasteiger charge is -2.42. The predicted octanol–water partition coefficient (Wildman–Crippen LogP) is 3.13. The second-order valence-electron chi connectivity index (χ2n) is 8.52. The van der Waals surface area contributed by atoms with Gasteiger partial charge < -0.3 is 30.8 Å². The van der Waals surface area contributed by atoms with Crippen LogP contribution < -0.4 is 5.32 Å². The number of benzene rings is 2. The van der Waals surface area contributed by atoms with Crippen LogP contribution >= 0.6 is 11.6 Å². The number of piperazine rings is 1. The van der Waals surface area contributed by atoms with Crippen molar-refractivity contribution in [1.29, 1.82) is 0 Å². The van der Waals surface area contributed by atoms with E-state index in [4.69, 9.17) is 11.6 Å². The van der Waals surface area contributed by atoms with Gasteiger partial charge in [0.25, 0.3) is 0 Å². The number of hydrogen-bond acceptors (Lipinski definition) is 7. The van der Waals surface area contributed by atoms with E-state index in [1.54, 1.807) is 6.07 Å². The Morgan fingerprint density at radius 2 is 1.59 bits per heavy atom. The summed E-state index contributed by atoms with van der Waals surface area (Å²) in [5.74, 6) is -4.40. The van der Waals surface area contributed by atoms with Crippen molar-refractivity contribution in [1.82, 2.24) is 10.2 Å². The molecular weight excluding hydrogens is 396 g/mol. The summed E-state index contributed by atoms with van der Waals surface area (Å²) in [7, 11) is 0. The average Bonchev–Trinajstić information content (AvgIpc) is 3.02. The van der Waals surface area contributed by atoms with Crippen LogP contribution in [0.15, 0.2) is 18.2 Å². The molecule has 2 aromatic carbocycles. The maximum atomic E-state index is 10.5. The molecular formula is C21H25ClN2O5. The van der Waals surface area contributed by atoms with Crippen molar-refractivity contribution in [3.8, 4) is 28.7 Å². The summed E-state index contributed by atoms with van der Waals surface area (Å²) in [5.41, 5.74) is 1.78. The van der Waals surface area contributed by atoms with Crippen molar-refractivity contribution in [3.63, 3.8) is 0 Å². The fraction of sp³-hybridized carbons (Fsp3) is 0.429. The molecule has 0 aromatic heterocycles. The summed E-state index contributed by atoms with van der Waals surface area (Å²) in [4.78, 5) is 2.35. The molecule has 1 aliphatic heterocycles. The molecule has 0 bridgehead atoms. The highest BCUT2D eigenvalue weighted by atomic mass is 35.5. The van der Waals surface area contributed by atoms with E-state index < -0.39 is 34.7 Å². The van der Waals surface area contributed by atoms with Gasteiger partial charge in [0.2, 0.25) is 17.2 Å². The first kappa shape index (κ1) is 19.9. The van der Waals surface area contributed by atoms with Crippen LogP contribution in [0.1, 0.15) is 48.9 Å². The lowest BCUT2D eigenvalue weighted by Crippen LogP contribution is -2.57. The van der Waals surface area contributed by atoms with Crippen molar-refractivity contribution < 1.29 is 25.5 Å². The van der Waals surface area contributed by atoms with Crippen molar-refractivity contribution in [2.75, 3.05) is 19.6 Å². The highest BCUT2D eigenvalue weighted by Crippen LogP contribution is 2.58. The Morgan fingerprint density at radius 1 is 0.966 bits per heavy atom.